The number of nitrogens with one attached hydrogen (secondary N) is 1. The molecule has 0 amide bonds. The second-order valence-corrected chi connectivity index (χ2v) is 9.57. The van der Waals surface area contributed by atoms with Gasteiger partial charge >= 0.3 is 0 Å². The lowest BCUT2D eigenvalue weighted by Gasteiger charge is -2.23. The molecule has 2 rings (SSSR count). The van der Waals surface area contributed by atoms with E-state index in [9.17, 15) is 8.42 Å². The highest BCUT2D eigenvalue weighted by molar-refractivity contribution is 7.91. The van der Waals surface area contributed by atoms with Gasteiger partial charge in [-0.25, -0.2) is 8.42 Å². The van der Waals surface area contributed by atoms with Gasteiger partial charge in [0.2, 0.25) is 0 Å². The molecule has 6 heteroatoms. The summed E-state index contributed by atoms with van der Waals surface area (Å²) < 4.78 is 27.3. The second kappa shape index (κ2) is 6.77. The van der Waals surface area contributed by atoms with Gasteiger partial charge in [-0.1, -0.05) is 13.8 Å². The van der Waals surface area contributed by atoms with E-state index in [1.54, 1.807) is 17.4 Å². The van der Waals surface area contributed by atoms with Gasteiger partial charge in [0.25, 0.3) is 10.0 Å². The molecule has 4 nitrogen and oxygen atoms in total. The van der Waals surface area contributed by atoms with Gasteiger partial charge in [-0.2, -0.15) is 4.31 Å². The summed E-state index contributed by atoms with van der Waals surface area (Å²) in [4.78, 5) is 1.12. The standard InChI is InChI=1S/C15H26N2O2S2/c1-11(2)16-10-9-14-7-8-15(20-14)21(18,19)17(4)12(3)13-5-6-13/h7-8,11-13,16H,5-6,9-10H2,1-4H3. The SMILES string of the molecule is CC(C)NCCc1ccc(S(=O)(=O)N(C)C(C)C2CC2)s1. The molecule has 21 heavy (non-hydrogen) atoms. The zero-order chi connectivity index (χ0) is 15.6. The van der Waals surface area contributed by atoms with Crippen LogP contribution >= 0.6 is 11.3 Å². The van der Waals surface area contributed by atoms with Crippen molar-refractivity contribution in [3.63, 3.8) is 0 Å². The molecule has 0 radical (unpaired) electrons. The first-order valence-corrected chi connectivity index (χ1v) is 9.88. The molecule has 1 saturated carbocycles. The zero-order valence-electron chi connectivity index (χ0n) is 13.3. The van der Waals surface area contributed by atoms with Gasteiger partial charge in [-0.15, -0.1) is 11.3 Å². The van der Waals surface area contributed by atoms with Gasteiger partial charge in [0.05, 0.1) is 0 Å². The van der Waals surface area contributed by atoms with Crippen molar-refractivity contribution < 1.29 is 8.42 Å². The summed E-state index contributed by atoms with van der Waals surface area (Å²) in [7, 11) is -1.63. The molecule has 1 aromatic heterocycles. The third-order valence-electron chi connectivity index (χ3n) is 4.07. The Morgan fingerprint density at radius 2 is 2.00 bits per heavy atom. The van der Waals surface area contributed by atoms with Crippen LogP contribution < -0.4 is 5.32 Å². The normalized spacial score (nSPS) is 17.6. The minimum absolute atomic E-state index is 0.100. The summed E-state index contributed by atoms with van der Waals surface area (Å²) in [6.45, 7) is 7.11. The number of hydrogen-bond acceptors (Lipinski definition) is 4. The number of thiophene rings is 1. The molecule has 1 heterocycles. The highest BCUT2D eigenvalue weighted by Crippen LogP contribution is 2.37. The molecule has 1 atom stereocenters. The van der Waals surface area contributed by atoms with E-state index in [-0.39, 0.29) is 6.04 Å². The summed E-state index contributed by atoms with van der Waals surface area (Å²) in [5.74, 6) is 0.541. The van der Waals surface area contributed by atoms with Crippen molar-refractivity contribution in [1.29, 1.82) is 0 Å². The van der Waals surface area contributed by atoms with Crippen molar-refractivity contribution in [3.8, 4) is 0 Å². The number of hydrogen-bond donors (Lipinski definition) is 1. The third kappa shape index (κ3) is 4.28. The minimum atomic E-state index is -3.33. The largest absolute Gasteiger partial charge is 0.314 e. The zero-order valence-corrected chi connectivity index (χ0v) is 14.9. The molecule has 0 spiro atoms. The molecule has 1 N–H and O–H groups in total. The van der Waals surface area contributed by atoms with E-state index >= 15 is 0 Å². The van der Waals surface area contributed by atoms with Crippen LogP contribution in [0.2, 0.25) is 0 Å². The Morgan fingerprint density at radius 3 is 2.57 bits per heavy atom. The molecular weight excluding hydrogens is 304 g/mol. The van der Waals surface area contributed by atoms with E-state index in [0.717, 1.165) is 30.7 Å². The van der Waals surface area contributed by atoms with Crippen LogP contribution in [0.3, 0.4) is 0 Å². The van der Waals surface area contributed by atoms with Gasteiger partial charge in [0.1, 0.15) is 4.21 Å². The van der Waals surface area contributed by atoms with Crippen LogP contribution in [0.5, 0.6) is 0 Å². The lowest BCUT2D eigenvalue weighted by atomic mass is 10.2. The van der Waals surface area contributed by atoms with Crippen molar-refractivity contribution in [3.05, 3.63) is 17.0 Å². The molecule has 0 aromatic carbocycles. The van der Waals surface area contributed by atoms with Gasteiger partial charge in [0.15, 0.2) is 0 Å². The van der Waals surface area contributed by atoms with Crippen molar-refractivity contribution in [2.75, 3.05) is 13.6 Å². The Bertz CT molecular complexity index is 562. The first-order valence-electron chi connectivity index (χ1n) is 7.62. The summed E-state index contributed by atoms with van der Waals surface area (Å²) in [6.07, 6.45) is 3.18. The first kappa shape index (κ1) is 16.9. The lowest BCUT2D eigenvalue weighted by molar-refractivity contribution is 0.358. The molecule has 1 aliphatic carbocycles. The van der Waals surface area contributed by atoms with Gasteiger partial charge in [0, 0.05) is 30.6 Å². The van der Waals surface area contributed by atoms with E-state index < -0.39 is 10.0 Å². The fourth-order valence-electron chi connectivity index (χ4n) is 2.35. The van der Waals surface area contributed by atoms with Crippen molar-refractivity contribution in [2.24, 2.45) is 5.92 Å². The monoisotopic (exact) mass is 330 g/mol. The van der Waals surface area contributed by atoms with E-state index in [1.165, 1.54) is 11.3 Å². The fourth-order valence-corrected chi connectivity index (χ4v) is 5.32. The van der Waals surface area contributed by atoms with E-state index in [4.69, 9.17) is 0 Å². The number of sulfonamides is 1. The Morgan fingerprint density at radius 1 is 1.33 bits per heavy atom. The molecule has 1 unspecified atom stereocenters. The van der Waals surface area contributed by atoms with E-state index in [0.29, 0.717) is 16.2 Å². The number of nitrogens with zero attached hydrogens (tertiary/aromatic N) is 1. The Labute approximate surface area is 132 Å². The van der Waals surface area contributed by atoms with Gasteiger partial charge in [-0.05, 0) is 44.2 Å². The van der Waals surface area contributed by atoms with Crippen molar-refractivity contribution >= 4 is 21.4 Å². The first-order chi connectivity index (χ1) is 9.82. The highest BCUT2D eigenvalue weighted by Gasteiger charge is 2.36. The Hall–Kier alpha value is -0.430. The van der Waals surface area contributed by atoms with Crippen molar-refractivity contribution in [1.82, 2.24) is 9.62 Å². The molecule has 1 aromatic rings. The number of rotatable bonds is 8. The van der Waals surface area contributed by atoms with E-state index in [1.807, 2.05) is 13.0 Å². The summed E-state index contributed by atoms with van der Waals surface area (Å²) >= 11 is 1.40. The molecular formula is C15H26N2O2S2. The molecule has 1 fully saturated rings. The smallest absolute Gasteiger partial charge is 0.252 e. The van der Waals surface area contributed by atoms with Crippen LogP contribution in [0.25, 0.3) is 0 Å². The van der Waals surface area contributed by atoms with Crippen LogP contribution in [-0.4, -0.2) is 38.4 Å². The average molecular weight is 331 g/mol. The fraction of sp³-hybridized carbons (Fsp3) is 0.733. The maximum Gasteiger partial charge on any atom is 0.252 e. The highest BCUT2D eigenvalue weighted by atomic mass is 32.2. The molecule has 0 saturated heterocycles. The Kier molecular flexibility index (Phi) is 5.46. The predicted molar refractivity (Wildman–Crippen MR) is 88.3 cm³/mol. The predicted octanol–water partition coefficient (Wildman–Crippen LogP) is 2.71. The second-order valence-electron chi connectivity index (χ2n) is 6.18. The topological polar surface area (TPSA) is 49.4 Å². The molecule has 1 aliphatic rings. The van der Waals surface area contributed by atoms with Crippen LogP contribution in [0, 0.1) is 5.92 Å². The Balaban J connectivity index is 2.01. The average Bonchev–Trinajstić information content (AvgIpc) is 3.15. The van der Waals surface area contributed by atoms with E-state index in [2.05, 4.69) is 19.2 Å². The summed E-state index contributed by atoms with van der Waals surface area (Å²) in [6, 6.07) is 4.25. The maximum atomic E-state index is 12.6. The molecule has 120 valence electrons. The van der Waals surface area contributed by atoms with Crippen LogP contribution in [-0.2, 0) is 16.4 Å². The van der Waals surface area contributed by atoms with Crippen LogP contribution in [0.15, 0.2) is 16.3 Å². The maximum absolute atomic E-state index is 12.6. The lowest BCUT2D eigenvalue weighted by Crippen LogP contribution is -2.36. The van der Waals surface area contributed by atoms with Crippen LogP contribution in [0.4, 0.5) is 0 Å². The third-order valence-corrected chi connectivity index (χ3v) is 7.63. The van der Waals surface area contributed by atoms with Gasteiger partial charge < -0.3 is 5.32 Å². The molecule has 0 bridgehead atoms. The van der Waals surface area contributed by atoms with Crippen molar-refractivity contribution in [2.45, 2.75) is 56.3 Å². The van der Waals surface area contributed by atoms with Gasteiger partial charge in [-0.3, -0.25) is 0 Å². The quantitative estimate of drug-likeness (QED) is 0.797. The molecule has 0 aliphatic heterocycles. The summed E-state index contributed by atoms with van der Waals surface area (Å²) in [5, 5.41) is 3.35. The minimum Gasteiger partial charge on any atom is -0.314 e. The van der Waals surface area contributed by atoms with Crippen LogP contribution in [0.1, 0.15) is 38.5 Å². The summed E-state index contributed by atoms with van der Waals surface area (Å²) in [5.41, 5.74) is 0.